The summed E-state index contributed by atoms with van der Waals surface area (Å²) in [6.45, 7) is 0.736. The zero-order chi connectivity index (χ0) is 8.55. The Hall–Kier alpha value is -0.830. The first-order valence-electron chi connectivity index (χ1n) is 3.76. The van der Waals surface area contributed by atoms with Gasteiger partial charge in [-0.3, -0.25) is 4.79 Å². The van der Waals surface area contributed by atoms with Crippen LogP contribution in [0.4, 0.5) is 0 Å². The molecule has 0 aromatic heterocycles. The van der Waals surface area contributed by atoms with Crippen LogP contribution in [0.5, 0.6) is 0 Å². The van der Waals surface area contributed by atoms with Crippen molar-refractivity contribution < 1.29 is 4.79 Å². The normalized spacial score (nSPS) is 15.1. The zero-order valence-corrected chi connectivity index (χ0v) is 8.04. The number of fused-ring (bicyclic) bond motifs is 1. The summed E-state index contributed by atoms with van der Waals surface area (Å²) in [6, 6.07) is 7.73. The molecular weight excluding hydrogens is 218 g/mol. The maximum atomic E-state index is 11.5. The Morgan fingerprint density at radius 2 is 2.17 bits per heavy atom. The van der Waals surface area contributed by atoms with Gasteiger partial charge in [0.15, 0.2) is 0 Å². The van der Waals surface area contributed by atoms with E-state index in [1.165, 1.54) is 0 Å². The molecule has 1 aromatic carbocycles. The van der Waals surface area contributed by atoms with Crippen LogP contribution in [0, 0.1) is 0 Å². The fourth-order valence-electron chi connectivity index (χ4n) is 1.41. The number of rotatable bonds is 1. The van der Waals surface area contributed by atoms with Crippen LogP contribution in [-0.4, -0.2) is 16.3 Å². The third-order valence-corrected chi connectivity index (χ3v) is 2.65. The first-order valence-corrected chi connectivity index (χ1v) is 4.88. The van der Waals surface area contributed by atoms with Crippen molar-refractivity contribution >= 4 is 21.8 Å². The lowest BCUT2D eigenvalue weighted by Gasteiger charge is -2.09. The van der Waals surface area contributed by atoms with Gasteiger partial charge < -0.3 is 4.90 Å². The summed E-state index contributed by atoms with van der Waals surface area (Å²) in [5.41, 5.74) is 2.58. The number of halogens is 1. The summed E-state index contributed by atoms with van der Waals surface area (Å²) in [6.07, 6.45) is 0. The maximum Gasteiger partial charge on any atom is 0.255 e. The van der Waals surface area contributed by atoms with Crippen LogP contribution in [0.3, 0.4) is 0 Å². The van der Waals surface area contributed by atoms with E-state index in [-0.39, 0.29) is 5.91 Å². The molecule has 0 aliphatic carbocycles. The van der Waals surface area contributed by atoms with Gasteiger partial charge in [-0.05, 0) is 11.6 Å². The minimum absolute atomic E-state index is 0.127. The van der Waals surface area contributed by atoms with Crippen molar-refractivity contribution in [2.75, 3.05) is 5.45 Å². The summed E-state index contributed by atoms with van der Waals surface area (Å²) in [7, 11) is 0. The van der Waals surface area contributed by atoms with Crippen LogP contribution in [0.1, 0.15) is 15.9 Å². The van der Waals surface area contributed by atoms with E-state index in [4.69, 9.17) is 0 Å². The monoisotopic (exact) mass is 225 g/mol. The highest BCUT2D eigenvalue weighted by Crippen LogP contribution is 2.22. The fraction of sp³-hybridized carbons (Fsp3) is 0.222. The standard InChI is InChI=1S/C9H8BrNO/c10-6-11-5-7-3-1-2-4-8(7)9(11)12/h1-4H,5-6H2. The highest BCUT2D eigenvalue weighted by atomic mass is 79.9. The van der Waals surface area contributed by atoms with Crippen molar-refractivity contribution in [2.24, 2.45) is 0 Å². The Morgan fingerprint density at radius 3 is 2.83 bits per heavy atom. The molecule has 0 radical (unpaired) electrons. The molecule has 0 unspecified atom stereocenters. The van der Waals surface area contributed by atoms with Gasteiger partial charge in [0.25, 0.3) is 5.91 Å². The minimum Gasteiger partial charge on any atom is -0.324 e. The quantitative estimate of drug-likeness (QED) is 0.529. The Labute approximate surface area is 79.3 Å². The Balaban J connectivity index is 2.42. The predicted octanol–water partition coefficient (Wildman–Crippen LogP) is 1.99. The molecule has 1 aromatic rings. The molecule has 0 bridgehead atoms. The molecule has 1 aliphatic rings. The molecular formula is C9H8BrNO. The van der Waals surface area contributed by atoms with E-state index in [0.29, 0.717) is 5.45 Å². The van der Waals surface area contributed by atoms with Gasteiger partial charge in [-0.2, -0.15) is 0 Å². The van der Waals surface area contributed by atoms with E-state index in [2.05, 4.69) is 15.9 Å². The Bertz CT molecular complexity index is 324. The molecule has 0 saturated heterocycles. The average Bonchev–Trinajstić information content (AvgIpc) is 2.44. The fourth-order valence-corrected chi connectivity index (χ4v) is 1.82. The highest BCUT2D eigenvalue weighted by molar-refractivity contribution is 9.09. The van der Waals surface area contributed by atoms with Crippen molar-refractivity contribution in [3.8, 4) is 0 Å². The van der Waals surface area contributed by atoms with Gasteiger partial charge in [-0.25, -0.2) is 0 Å². The minimum atomic E-state index is 0.127. The van der Waals surface area contributed by atoms with Gasteiger partial charge in [0.05, 0.1) is 5.45 Å². The van der Waals surface area contributed by atoms with Crippen LogP contribution in [0.2, 0.25) is 0 Å². The molecule has 12 heavy (non-hydrogen) atoms. The number of nitrogens with zero attached hydrogens (tertiary/aromatic N) is 1. The molecule has 0 fully saturated rings. The van der Waals surface area contributed by atoms with E-state index in [1.54, 1.807) is 4.90 Å². The van der Waals surface area contributed by atoms with Crippen molar-refractivity contribution in [1.29, 1.82) is 0 Å². The molecule has 1 amide bonds. The number of carbonyl (C=O) groups excluding carboxylic acids is 1. The van der Waals surface area contributed by atoms with Crippen molar-refractivity contribution in [1.82, 2.24) is 4.90 Å². The van der Waals surface area contributed by atoms with Crippen LogP contribution in [0.15, 0.2) is 24.3 Å². The number of carbonyl (C=O) groups is 1. The molecule has 0 spiro atoms. The van der Waals surface area contributed by atoms with E-state index in [0.717, 1.165) is 17.7 Å². The van der Waals surface area contributed by atoms with Gasteiger partial charge >= 0.3 is 0 Å². The predicted molar refractivity (Wildman–Crippen MR) is 50.1 cm³/mol. The van der Waals surface area contributed by atoms with Crippen LogP contribution in [0.25, 0.3) is 0 Å². The smallest absolute Gasteiger partial charge is 0.255 e. The molecule has 3 heteroatoms. The van der Waals surface area contributed by atoms with Gasteiger partial charge in [-0.15, -0.1) is 0 Å². The summed E-state index contributed by atoms with van der Waals surface area (Å²) in [5.74, 6) is 0.127. The van der Waals surface area contributed by atoms with Crippen LogP contribution < -0.4 is 0 Å². The van der Waals surface area contributed by atoms with Gasteiger partial charge in [0.2, 0.25) is 0 Å². The van der Waals surface area contributed by atoms with Crippen molar-refractivity contribution in [2.45, 2.75) is 6.54 Å². The lowest BCUT2D eigenvalue weighted by atomic mass is 10.1. The molecule has 0 atom stereocenters. The second-order valence-electron chi connectivity index (χ2n) is 2.78. The van der Waals surface area contributed by atoms with Gasteiger partial charge in [-0.1, -0.05) is 34.1 Å². The molecule has 62 valence electrons. The SMILES string of the molecule is O=C1c2ccccc2CN1CBr. The van der Waals surface area contributed by atoms with E-state index in [9.17, 15) is 4.79 Å². The van der Waals surface area contributed by atoms with Gasteiger partial charge in [0, 0.05) is 12.1 Å². The number of hydrogen-bond acceptors (Lipinski definition) is 1. The Kier molecular flexibility index (Phi) is 1.89. The Morgan fingerprint density at radius 1 is 1.42 bits per heavy atom. The van der Waals surface area contributed by atoms with Crippen molar-refractivity contribution in [3.05, 3.63) is 35.4 Å². The molecule has 0 saturated carbocycles. The molecule has 2 nitrogen and oxygen atoms in total. The first kappa shape index (κ1) is 7.80. The molecule has 2 rings (SSSR count). The molecule has 1 heterocycles. The van der Waals surface area contributed by atoms with E-state index < -0.39 is 0 Å². The maximum absolute atomic E-state index is 11.5. The number of alkyl halides is 1. The summed E-state index contributed by atoms with van der Waals surface area (Å²) >= 11 is 3.28. The zero-order valence-electron chi connectivity index (χ0n) is 6.46. The third kappa shape index (κ3) is 1.05. The topological polar surface area (TPSA) is 20.3 Å². The second kappa shape index (κ2) is 2.90. The highest BCUT2D eigenvalue weighted by Gasteiger charge is 2.25. The lowest BCUT2D eigenvalue weighted by Crippen LogP contribution is -2.21. The van der Waals surface area contributed by atoms with Gasteiger partial charge in [0.1, 0.15) is 0 Å². The van der Waals surface area contributed by atoms with E-state index in [1.807, 2.05) is 24.3 Å². The van der Waals surface area contributed by atoms with E-state index >= 15 is 0 Å². The van der Waals surface area contributed by atoms with Crippen LogP contribution >= 0.6 is 15.9 Å². The number of hydrogen-bond donors (Lipinski definition) is 0. The first-order chi connectivity index (χ1) is 5.83. The summed E-state index contributed by atoms with van der Waals surface area (Å²) in [5, 5.41) is 0. The lowest BCUT2D eigenvalue weighted by molar-refractivity contribution is 0.0810. The summed E-state index contributed by atoms with van der Waals surface area (Å²) in [4.78, 5) is 13.3. The largest absolute Gasteiger partial charge is 0.324 e. The average molecular weight is 226 g/mol. The summed E-state index contributed by atoms with van der Waals surface area (Å²) < 4.78 is 0. The second-order valence-corrected chi connectivity index (χ2v) is 3.28. The van der Waals surface area contributed by atoms with Crippen molar-refractivity contribution in [3.63, 3.8) is 0 Å². The third-order valence-electron chi connectivity index (χ3n) is 2.04. The molecule has 1 aliphatic heterocycles. The number of amides is 1. The number of benzene rings is 1. The molecule has 0 N–H and O–H groups in total. The van der Waals surface area contributed by atoms with Crippen LogP contribution in [-0.2, 0) is 6.54 Å².